The van der Waals surface area contributed by atoms with E-state index < -0.39 is 0 Å². The van der Waals surface area contributed by atoms with E-state index in [0.717, 1.165) is 22.5 Å². The number of benzene rings is 2. The van der Waals surface area contributed by atoms with Gasteiger partial charge >= 0.3 is 0 Å². The lowest BCUT2D eigenvalue weighted by Crippen LogP contribution is -1.98. The molecule has 0 spiro atoms. The Kier molecular flexibility index (Phi) is 3.17. The van der Waals surface area contributed by atoms with Gasteiger partial charge in [-0.25, -0.2) is 9.97 Å². The summed E-state index contributed by atoms with van der Waals surface area (Å²) in [6.07, 6.45) is 0. The third kappa shape index (κ3) is 2.52. The lowest BCUT2D eigenvalue weighted by atomic mass is 10.1. The van der Waals surface area contributed by atoms with Crippen LogP contribution < -0.4 is 5.73 Å². The Balaban J connectivity index is 2.09. The Morgan fingerprint density at radius 1 is 0.750 bits per heavy atom. The number of aromatic nitrogens is 2. The standard InChI is InChI=1S/C17H15N3/c1-12-7-9-14(10-8-12)16-11-15(19-17(18)20-16)13-5-3-2-4-6-13/h2-11H,1H3,(H2,18,19,20). The van der Waals surface area contributed by atoms with E-state index in [4.69, 9.17) is 5.73 Å². The molecule has 20 heavy (non-hydrogen) atoms. The minimum absolute atomic E-state index is 0.293. The summed E-state index contributed by atoms with van der Waals surface area (Å²) in [4.78, 5) is 8.64. The van der Waals surface area contributed by atoms with Crippen molar-refractivity contribution >= 4 is 5.95 Å². The number of aryl methyl sites for hydroxylation is 1. The quantitative estimate of drug-likeness (QED) is 0.765. The molecule has 0 saturated carbocycles. The fourth-order valence-electron chi connectivity index (χ4n) is 2.09. The molecule has 0 amide bonds. The minimum Gasteiger partial charge on any atom is -0.368 e. The molecule has 0 aliphatic rings. The number of rotatable bonds is 2. The molecule has 98 valence electrons. The van der Waals surface area contributed by atoms with Crippen LogP contribution in [0.2, 0.25) is 0 Å². The van der Waals surface area contributed by atoms with Crippen LogP contribution in [0.25, 0.3) is 22.5 Å². The summed E-state index contributed by atoms with van der Waals surface area (Å²) in [5, 5.41) is 0. The van der Waals surface area contributed by atoms with Crippen LogP contribution >= 0.6 is 0 Å². The zero-order valence-corrected chi connectivity index (χ0v) is 11.2. The molecule has 0 aliphatic heterocycles. The van der Waals surface area contributed by atoms with Crippen LogP contribution in [0.5, 0.6) is 0 Å². The molecule has 2 aromatic carbocycles. The zero-order valence-electron chi connectivity index (χ0n) is 11.2. The summed E-state index contributed by atoms with van der Waals surface area (Å²) in [5.74, 6) is 0.293. The van der Waals surface area contributed by atoms with E-state index in [0.29, 0.717) is 5.95 Å². The Labute approximate surface area is 118 Å². The molecule has 0 unspecified atom stereocenters. The first kappa shape index (κ1) is 12.4. The predicted molar refractivity (Wildman–Crippen MR) is 82.1 cm³/mol. The van der Waals surface area contributed by atoms with Crippen LogP contribution in [0.15, 0.2) is 60.7 Å². The normalized spacial score (nSPS) is 10.4. The third-order valence-corrected chi connectivity index (χ3v) is 3.16. The molecule has 3 heteroatoms. The second-order valence-corrected chi connectivity index (χ2v) is 4.73. The van der Waals surface area contributed by atoms with Crippen LogP contribution in [0, 0.1) is 6.92 Å². The van der Waals surface area contributed by atoms with Crippen LogP contribution in [-0.2, 0) is 0 Å². The molecule has 3 rings (SSSR count). The summed E-state index contributed by atoms with van der Waals surface area (Å²) in [6.45, 7) is 2.06. The van der Waals surface area contributed by atoms with E-state index >= 15 is 0 Å². The van der Waals surface area contributed by atoms with Crippen molar-refractivity contribution in [2.24, 2.45) is 0 Å². The fourth-order valence-corrected chi connectivity index (χ4v) is 2.09. The second kappa shape index (κ2) is 5.13. The molecular weight excluding hydrogens is 246 g/mol. The van der Waals surface area contributed by atoms with Gasteiger partial charge in [-0.05, 0) is 13.0 Å². The molecule has 3 aromatic rings. The van der Waals surface area contributed by atoms with Gasteiger partial charge in [-0.2, -0.15) is 0 Å². The number of nitrogens with two attached hydrogens (primary N) is 1. The van der Waals surface area contributed by atoms with Gasteiger partial charge in [0.1, 0.15) is 0 Å². The summed E-state index contributed by atoms with van der Waals surface area (Å²) < 4.78 is 0. The van der Waals surface area contributed by atoms with Crippen molar-refractivity contribution in [2.75, 3.05) is 5.73 Å². The molecule has 2 N–H and O–H groups in total. The summed E-state index contributed by atoms with van der Waals surface area (Å²) >= 11 is 0. The summed E-state index contributed by atoms with van der Waals surface area (Å²) in [6, 6.07) is 20.2. The van der Waals surface area contributed by atoms with Crippen molar-refractivity contribution in [3.05, 3.63) is 66.2 Å². The van der Waals surface area contributed by atoms with E-state index in [-0.39, 0.29) is 0 Å². The highest BCUT2D eigenvalue weighted by molar-refractivity contribution is 5.69. The molecule has 0 aliphatic carbocycles. The maximum atomic E-state index is 5.84. The lowest BCUT2D eigenvalue weighted by Gasteiger charge is -2.06. The lowest BCUT2D eigenvalue weighted by molar-refractivity contribution is 1.19. The Morgan fingerprint density at radius 3 is 1.90 bits per heavy atom. The van der Waals surface area contributed by atoms with Crippen molar-refractivity contribution in [1.29, 1.82) is 0 Å². The first-order valence-corrected chi connectivity index (χ1v) is 6.49. The van der Waals surface area contributed by atoms with Crippen molar-refractivity contribution in [1.82, 2.24) is 9.97 Å². The minimum atomic E-state index is 0.293. The molecular formula is C17H15N3. The first-order valence-electron chi connectivity index (χ1n) is 6.49. The first-order chi connectivity index (χ1) is 9.72. The highest BCUT2D eigenvalue weighted by Crippen LogP contribution is 2.24. The molecule has 1 aromatic heterocycles. The van der Waals surface area contributed by atoms with Crippen LogP contribution in [0.3, 0.4) is 0 Å². The largest absolute Gasteiger partial charge is 0.368 e. The maximum absolute atomic E-state index is 5.84. The molecule has 3 nitrogen and oxygen atoms in total. The van der Waals surface area contributed by atoms with Gasteiger partial charge in [0.2, 0.25) is 5.95 Å². The van der Waals surface area contributed by atoms with E-state index in [2.05, 4.69) is 29.0 Å². The maximum Gasteiger partial charge on any atom is 0.221 e. The average molecular weight is 261 g/mol. The van der Waals surface area contributed by atoms with Gasteiger partial charge in [0.05, 0.1) is 11.4 Å². The smallest absolute Gasteiger partial charge is 0.221 e. The van der Waals surface area contributed by atoms with E-state index in [1.54, 1.807) is 0 Å². The number of nitrogens with zero attached hydrogens (tertiary/aromatic N) is 2. The van der Waals surface area contributed by atoms with E-state index in [1.165, 1.54) is 5.56 Å². The molecule has 0 fully saturated rings. The Bertz CT molecular complexity index is 719. The van der Waals surface area contributed by atoms with Gasteiger partial charge in [0.25, 0.3) is 0 Å². The average Bonchev–Trinajstić information content (AvgIpc) is 2.48. The monoisotopic (exact) mass is 261 g/mol. The number of anilines is 1. The van der Waals surface area contributed by atoms with Gasteiger partial charge in [-0.1, -0.05) is 60.2 Å². The van der Waals surface area contributed by atoms with Crippen molar-refractivity contribution in [3.8, 4) is 22.5 Å². The third-order valence-electron chi connectivity index (χ3n) is 3.16. The Morgan fingerprint density at radius 2 is 1.30 bits per heavy atom. The fraction of sp³-hybridized carbons (Fsp3) is 0.0588. The molecule has 0 saturated heterocycles. The van der Waals surface area contributed by atoms with Crippen LogP contribution in [0.1, 0.15) is 5.56 Å². The van der Waals surface area contributed by atoms with Crippen molar-refractivity contribution < 1.29 is 0 Å². The number of nitrogen functional groups attached to an aromatic ring is 1. The van der Waals surface area contributed by atoms with E-state index in [9.17, 15) is 0 Å². The highest BCUT2D eigenvalue weighted by atomic mass is 15.0. The van der Waals surface area contributed by atoms with Gasteiger partial charge in [0, 0.05) is 11.1 Å². The Hall–Kier alpha value is -2.68. The molecule has 1 heterocycles. The van der Waals surface area contributed by atoms with Crippen molar-refractivity contribution in [2.45, 2.75) is 6.92 Å². The second-order valence-electron chi connectivity index (χ2n) is 4.73. The molecule has 0 radical (unpaired) electrons. The highest BCUT2D eigenvalue weighted by Gasteiger charge is 2.06. The van der Waals surface area contributed by atoms with Crippen molar-refractivity contribution in [3.63, 3.8) is 0 Å². The number of hydrogen-bond acceptors (Lipinski definition) is 3. The summed E-state index contributed by atoms with van der Waals surface area (Å²) in [5.41, 5.74) is 10.8. The predicted octanol–water partition coefficient (Wildman–Crippen LogP) is 3.70. The molecule has 0 atom stereocenters. The van der Waals surface area contributed by atoms with E-state index in [1.807, 2.05) is 48.5 Å². The summed E-state index contributed by atoms with van der Waals surface area (Å²) in [7, 11) is 0. The SMILES string of the molecule is Cc1ccc(-c2cc(-c3ccccc3)nc(N)n2)cc1. The van der Waals surface area contributed by atoms with Crippen LogP contribution in [-0.4, -0.2) is 9.97 Å². The molecule has 0 bridgehead atoms. The number of hydrogen-bond donors (Lipinski definition) is 1. The van der Waals surface area contributed by atoms with Gasteiger partial charge < -0.3 is 5.73 Å². The van der Waals surface area contributed by atoms with Crippen LogP contribution in [0.4, 0.5) is 5.95 Å². The van der Waals surface area contributed by atoms with Gasteiger partial charge in [-0.15, -0.1) is 0 Å². The topological polar surface area (TPSA) is 51.8 Å². The van der Waals surface area contributed by atoms with Gasteiger partial charge in [-0.3, -0.25) is 0 Å². The van der Waals surface area contributed by atoms with Gasteiger partial charge in [0.15, 0.2) is 0 Å². The zero-order chi connectivity index (χ0) is 13.9.